The zero-order valence-electron chi connectivity index (χ0n) is 23.0. The van der Waals surface area contributed by atoms with Crippen molar-refractivity contribution in [3.63, 3.8) is 0 Å². The molecule has 1 aliphatic rings. The van der Waals surface area contributed by atoms with Crippen LogP contribution in [-0.2, 0) is 19.1 Å². The lowest BCUT2D eigenvalue weighted by molar-refractivity contribution is -0.141. The van der Waals surface area contributed by atoms with E-state index >= 15 is 0 Å². The third-order valence-corrected chi connectivity index (χ3v) is 7.28. The molecule has 0 aromatic carbocycles. The first-order valence-corrected chi connectivity index (χ1v) is 13.2. The summed E-state index contributed by atoms with van der Waals surface area (Å²) in [6.07, 6.45) is 6.52. The van der Waals surface area contributed by atoms with Crippen LogP contribution in [0, 0.1) is 11.8 Å². The normalized spacial score (nSPS) is 20.9. The van der Waals surface area contributed by atoms with Crippen LogP contribution in [0.4, 0.5) is 0 Å². The molecule has 0 saturated carbocycles. The lowest BCUT2D eigenvalue weighted by Crippen LogP contribution is -2.59. The molecule has 7 nitrogen and oxygen atoms in total. The number of likely N-dealkylation sites (tertiary alicyclic amines) is 1. The predicted molar refractivity (Wildman–Crippen MR) is 137 cm³/mol. The lowest BCUT2D eigenvalue weighted by Gasteiger charge is -2.40. The van der Waals surface area contributed by atoms with Gasteiger partial charge in [-0.1, -0.05) is 53.5 Å². The van der Waals surface area contributed by atoms with Gasteiger partial charge in [-0.3, -0.25) is 14.5 Å². The first-order chi connectivity index (χ1) is 16.0. The third kappa shape index (κ3) is 8.10. The standard InChI is InChI=1S/C27H49N3O4/c1-10-19(6)24(28-25(31)22-15-13-14-16-30(22)21(8)11-2)26(32)29(9)23(18(4)5)17-20(7)27(33)34-12-3/h17-19,21-24H,10-16H2,1-9H3,(H,28,31)/b20-17+/t19?,21?,22?,23-,24-/m1/s1. The van der Waals surface area contributed by atoms with Crippen LogP contribution >= 0.6 is 0 Å². The van der Waals surface area contributed by atoms with Gasteiger partial charge in [-0.05, 0) is 58.4 Å². The van der Waals surface area contributed by atoms with Gasteiger partial charge in [0.05, 0.1) is 18.7 Å². The topological polar surface area (TPSA) is 79.0 Å². The molecule has 1 heterocycles. The average Bonchev–Trinajstić information content (AvgIpc) is 2.83. The van der Waals surface area contributed by atoms with Crippen molar-refractivity contribution in [1.82, 2.24) is 15.1 Å². The fourth-order valence-corrected chi connectivity index (χ4v) is 4.62. The second kappa shape index (κ2) is 14.5. The van der Waals surface area contributed by atoms with E-state index in [1.807, 2.05) is 33.8 Å². The van der Waals surface area contributed by atoms with Crippen LogP contribution < -0.4 is 5.32 Å². The van der Waals surface area contributed by atoms with Crippen LogP contribution in [0.3, 0.4) is 0 Å². The fraction of sp³-hybridized carbons (Fsp3) is 0.815. The molecule has 5 atom stereocenters. The number of ether oxygens (including phenoxy) is 1. The molecule has 3 unspecified atom stereocenters. The van der Waals surface area contributed by atoms with Crippen molar-refractivity contribution < 1.29 is 19.1 Å². The van der Waals surface area contributed by atoms with Gasteiger partial charge in [0.25, 0.3) is 0 Å². The van der Waals surface area contributed by atoms with Gasteiger partial charge >= 0.3 is 5.97 Å². The Labute approximate surface area is 207 Å². The van der Waals surface area contributed by atoms with E-state index < -0.39 is 6.04 Å². The van der Waals surface area contributed by atoms with Gasteiger partial charge in [-0.2, -0.15) is 0 Å². The van der Waals surface area contributed by atoms with Crippen molar-refractivity contribution in [2.75, 3.05) is 20.2 Å². The number of nitrogens with zero attached hydrogens (tertiary/aromatic N) is 2. The van der Waals surface area contributed by atoms with E-state index in [1.54, 1.807) is 25.8 Å². The molecule has 1 rings (SSSR count). The minimum absolute atomic E-state index is 0.0116. The van der Waals surface area contributed by atoms with Gasteiger partial charge in [0, 0.05) is 18.7 Å². The number of nitrogens with one attached hydrogen (secondary N) is 1. The van der Waals surface area contributed by atoms with Crippen LogP contribution in [0.5, 0.6) is 0 Å². The number of carbonyl (C=O) groups excluding carboxylic acids is 3. The van der Waals surface area contributed by atoms with E-state index in [2.05, 4.69) is 24.1 Å². The van der Waals surface area contributed by atoms with Crippen LogP contribution in [0.2, 0.25) is 0 Å². The minimum atomic E-state index is -0.610. The molecule has 0 spiro atoms. The molecular formula is C27H49N3O4. The van der Waals surface area contributed by atoms with Crippen molar-refractivity contribution >= 4 is 17.8 Å². The predicted octanol–water partition coefficient (Wildman–Crippen LogP) is 4.16. The average molecular weight is 480 g/mol. The summed E-state index contributed by atoms with van der Waals surface area (Å²) in [5.74, 6) is -0.469. The van der Waals surface area contributed by atoms with Crippen molar-refractivity contribution in [1.29, 1.82) is 0 Å². The van der Waals surface area contributed by atoms with Crippen molar-refractivity contribution in [3.8, 4) is 0 Å². The maximum absolute atomic E-state index is 13.7. The van der Waals surface area contributed by atoms with Gasteiger partial charge < -0.3 is 15.0 Å². The number of esters is 1. The summed E-state index contributed by atoms with van der Waals surface area (Å²) in [6, 6.07) is -0.759. The first kappa shape index (κ1) is 30.1. The number of hydrogen-bond acceptors (Lipinski definition) is 5. The quantitative estimate of drug-likeness (QED) is 0.336. The Morgan fingerprint density at radius 1 is 1.09 bits per heavy atom. The van der Waals surface area contributed by atoms with Gasteiger partial charge in [-0.25, -0.2) is 4.79 Å². The smallest absolute Gasteiger partial charge is 0.333 e. The largest absolute Gasteiger partial charge is 0.463 e. The van der Waals surface area contributed by atoms with Crippen LogP contribution in [0.1, 0.15) is 87.5 Å². The molecule has 1 fully saturated rings. The second-order valence-corrected chi connectivity index (χ2v) is 10.1. The molecule has 1 N–H and O–H groups in total. The van der Waals surface area contributed by atoms with Crippen LogP contribution in [0.25, 0.3) is 0 Å². The van der Waals surface area contributed by atoms with Crippen molar-refractivity contribution in [2.45, 2.75) is 112 Å². The Hall–Kier alpha value is -1.89. The van der Waals surface area contributed by atoms with Gasteiger partial charge in [-0.15, -0.1) is 0 Å². The monoisotopic (exact) mass is 479 g/mol. The van der Waals surface area contributed by atoms with Crippen molar-refractivity contribution in [2.24, 2.45) is 11.8 Å². The number of hydrogen-bond donors (Lipinski definition) is 1. The van der Waals surface area contributed by atoms with Gasteiger partial charge in [0.1, 0.15) is 6.04 Å². The molecule has 1 saturated heterocycles. The van der Waals surface area contributed by atoms with Crippen LogP contribution in [0.15, 0.2) is 11.6 Å². The highest BCUT2D eigenvalue weighted by atomic mass is 16.5. The first-order valence-electron chi connectivity index (χ1n) is 13.2. The molecule has 0 aromatic heterocycles. The number of rotatable bonds is 12. The zero-order chi connectivity index (χ0) is 26.0. The maximum Gasteiger partial charge on any atom is 0.333 e. The fourth-order valence-electron chi connectivity index (χ4n) is 4.62. The molecule has 196 valence electrons. The zero-order valence-corrected chi connectivity index (χ0v) is 23.0. The van der Waals surface area contributed by atoms with E-state index in [0.717, 1.165) is 38.6 Å². The highest BCUT2D eigenvalue weighted by Crippen LogP contribution is 2.23. The van der Waals surface area contributed by atoms with E-state index in [0.29, 0.717) is 18.2 Å². The van der Waals surface area contributed by atoms with E-state index in [9.17, 15) is 14.4 Å². The second-order valence-electron chi connectivity index (χ2n) is 10.1. The Bertz CT molecular complexity index is 706. The molecule has 1 aliphatic heterocycles. The molecule has 0 bridgehead atoms. The summed E-state index contributed by atoms with van der Waals surface area (Å²) in [7, 11) is 1.76. The Morgan fingerprint density at radius 3 is 2.26 bits per heavy atom. The summed E-state index contributed by atoms with van der Waals surface area (Å²) in [4.78, 5) is 43.3. The Kier molecular flexibility index (Phi) is 12.9. The number of likely N-dealkylation sites (N-methyl/N-ethyl adjacent to an activating group) is 1. The number of carbonyl (C=O) groups is 3. The van der Waals surface area contributed by atoms with E-state index in [-0.39, 0.29) is 41.7 Å². The van der Waals surface area contributed by atoms with Gasteiger partial charge in [0.2, 0.25) is 11.8 Å². The Balaban J connectivity index is 3.13. The molecule has 7 heteroatoms. The SMILES string of the molecule is CCOC(=O)/C(C)=C/[C@H](C(C)C)N(C)C(=O)[C@H](NC(=O)C1CCCCN1C(C)CC)C(C)CC. The summed E-state index contributed by atoms with van der Waals surface area (Å²) < 4.78 is 5.11. The molecule has 0 aromatic rings. The molecule has 2 amide bonds. The summed E-state index contributed by atoms with van der Waals surface area (Å²) in [5, 5.41) is 3.13. The molecule has 0 aliphatic carbocycles. The van der Waals surface area contributed by atoms with E-state index in [4.69, 9.17) is 4.74 Å². The maximum atomic E-state index is 13.7. The molecular weight excluding hydrogens is 430 g/mol. The molecule has 34 heavy (non-hydrogen) atoms. The summed E-state index contributed by atoms with van der Waals surface area (Å²) in [5.41, 5.74) is 0.482. The number of amides is 2. The summed E-state index contributed by atoms with van der Waals surface area (Å²) >= 11 is 0. The van der Waals surface area contributed by atoms with Crippen molar-refractivity contribution in [3.05, 3.63) is 11.6 Å². The highest BCUT2D eigenvalue weighted by molar-refractivity contribution is 5.91. The number of piperidine rings is 1. The van der Waals surface area contributed by atoms with E-state index in [1.165, 1.54) is 0 Å². The van der Waals surface area contributed by atoms with Crippen LogP contribution in [-0.4, -0.2) is 72.0 Å². The minimum Gasteiger partial charge on any atom is -0.463 e. The van der Waals surface area contributed by atoms with Gasteiger partial charge in [0.15, 0.2) is 0 Å². The summed E-state index contributed by atoms with van der Waals surface area (Å²) in [6.45, 7) is 17.1. The lowest BCUT2D eigenvalue weighted by atomic mass is 9.93. The highest BCUT2D eigenvalue weighted by Gasteiger charge is 2.36. The molecule has 0 radical (unpaired) electrons. The Morgan fingerprint density at radius 2 is 1.74 bits per heavy atom. The third-order valence-electron chi connectivity index (χ3n) is 7.28.